The summed E-state index contributed by atoms with van der Waals surface area (Å²) in [7, 11) is 12.1. The van der Waals surface area contributed by atoms with Gasteiger partial charge in [0, 0.05) is 34.0 Å². The lowest BCUT2D eigenvalue weighted by Gasteiger charge is -2.23. The van der Waals surface area contributed by atoms with E-state index in [1.54, 1.807) is 47.8 Å². The second-order valence-corrected chi connectivity index (χ2v) is 19.2. The summed E-state index contributed by atoms with van der Waals surface area (Å²) in [5, 5.41) is 13.3. The number of nitrogens with zero attached hydrogens (tertiary/aromatic N) is 3. The Morgan fingerprint density at radius 2 is 1.12 bits per heavy atom. The smallest absolute Gasteiger partial charge is 0.347 e. The van der Waals surface area contributed by atoms with Crippen molar-refractivity contribution in [3.63, 3.8) is 0 Å². The van der Waals surface area contributed by atoms with Crippen molar-refractivity contribution in [2.24, 2.45) is 5.92 Å². The lowest BCUT2D eigenvalue weighted by atomic mass is 9.86. The summed E-state index contributed by atoms with van der Waals surface area (Å²) < 4.78 is 4.13. The summed E-state index contributed by atoms with van der Waals surface area (Å²) in [6.45, 7) is 18.4. The van der Waals surface area contributed by atoms with E-state index in [1.807, 2.05) is 76.0 Å². The molecule has 0 heterocycles. The second-order valence-electron chi connectivity index (χ2n) is 17.0. The third-order valence-corrected chi connectivity index (χ3v) is 11.3. The summed E-state index contributed by atoms with van der Waals surface area (Å²) in [5.41, 5.74) is 18.2. The number of nitrogens with one attached hydrogen (secondary N) is 4. The van der Waals surface area contributed by atoms with Gasteiger partial charge in [-0.05, 0) is 64.4 Å². The number of rotatable bonds is 13. The van der Waals surface area contributed by atoms with Crippen LogP contribution >= 0.6 is 23.5 Å². The number of benzene rings is 3. The van der Waals surface area contributed by atoms with Crippen LogP contribution in [0.2, 0.25) is 0 Å². The molecule has 0 spiro atoms. The maximum Gasteiger partial charge on any atom is 0.347 e. The lowest BCUT2D eigenvalue weighted by Crippen LogP contribution is -2.42. The summed E-state index contributed by atoms with van der Waals surface area (Å²) in [5.74, 6) is 3.31. The first-order valence-electron chi connectivity index (χ1n) is 19.1. The van der Waals surface area contributed by atoms with Crippen LogP contribution in [0.15, 0.2) is 58.3 Å². The van der Waals surface area contributed by atoms with Gasteiger partial charge in [-0.25, -0.2) is 0 Å². The van der Waals surface area contributed by atoms with Crippen molar-refractivity contribution in [1.29, 1.82) is 0 Å². The first-order valence-corrected chi connectivity index (χ1v) is 21.1. The van der Waals surface area contributed by atoms with Gasteiger partial charge in [-0.2, -0.15) is 0 Å². The number of amidine groups is 1. The highest BCUT2D eigenvalue weighted by Crippen LogP contribution is 2.39. The Morgan fingerprint density at radius 3 is 1.48 bits per heavy atom. The molecule has 0 saturated heterocycles. The molecule has 0 aliphatic carbocycles. The molecule has 0 saturated carbocycles. The molecule has 2 amide bonds. The minimum atomic E-state index is -0.334. The van der Waals surface area contributed by atoms with Crippen molar-refractivity contribution in [1.82, 2.24) is 15.5 Å². The molecule has 0 unspecified atom stereocenters. The van der Waals surface area contributed by atoms with E-state index in [2.05, 4.69) is 81.2 Å². The number of guanidine groups is 1. The summed E-state index contributed by atoms with van der Waals surface area (Å²) >= 11 is 3.19. The van der Waals surface area contributed by atoms with Crippen molar-refractivity contribution >= 4 is 69.9 Å². The number of carbonyl (C=O) groups excluding carboxylic acids is 2. The van der Waals surface area contributed by atoms with E-state index in [0.29, 0.717) is 52.1 Å². The Balaban J connectivity index is 1.88. The Kier molecular flexibility index (Phi) is 16.2. The Labute approximate surface area is 344 Å². The topological polar surface area (TPSA) is 144 Å². The molecule has 11 nitrogen and oxygen atoms in total. The van der Waals surface area contributed by atoms with Crippen molar-refractivity contribution in [2.45, 2.75) is 76.0 Å². The van der Waals surface area contributed by atoms with Gasteiger partial charge >= 0.3 is 5.96 Å². The highest BCUT2D eigenvalue weighted by atomic mass is 32.2. The minimum absolute atomic E-state index is 0.190. The predicted octanol–water partition coefficient (Wildman–Crippen LogP) is 6.83. The highest BCUT2D eigenvalue weighted by molar-refractivity contribution is 7.99. The molecule has 306 valence electrons. The monoisotopic (exact) mass is 805 g/mol. The number of hydrogen-bond donors (Lipinski definition) is 6. The molecule has 8 N–H and O–H groups in total. The Hall–Kier alpha value is -4.36. The molecule has 13 heteroatoms. The van der Waals surface area contributed by atoms with Crippen molar-refractivity contribution in [2.75, 3.05) is 89.0 Å². The number of amides is 2. The molecule has 0 radical (unpaired) electrons. The quantitative estimate of drug-likeness (QED) is 0.0274. The van der Waals surface area contributed by atoms with E-state index in [1.165, 1.54) is 0 Å². The molecule has 3 aromatic rings. The van der Waals surface area contributed by atoms with Crippen LogP contribution in [-0.2, 0) is 10.8 Å². The first-order chi connectivity index (χ1) is 26.0. The summed E-state index contributed by atoms with van der Waals surface area (Å²) in [6.07, 6.45) is 0. The minimum Gasteiger partial charge on any atom is -0.398 e. The van der Waals surface area contributed by atoms with Crippen LogP contribution in [0.25, 0.3) is 0 Å². The maximum atomic E-state index is 13.9. The van der Waals surface area contributed by atoms with Crippen LogP contribution in [-0.4, -0.2) is 105 Å². The molecule has 0 fully saturated rings. The normalized spacial score (nSPS) is 11.6. The molecule has 0 aliphatic rings. The van der Waals surface area contributed by atoms with Crippen molar-refractivity contribution < 1.29 is 18.7 Å². The fraction of sp³-hybridized carbons (Fsp3) is 0.488. The van der Waals surface area contributed by atoms with E-state index in [0.717, 1.165) is 45.0 Å². The van der Waals surface area contributed by atoms with Crippen LogP contribution in [0.3, 0.4) is 0 Å². The van der Waals surface area contributed by atoms with E-state index >= 15 is 0 Å². The average molecular weight is 806 g/mol. The van der Waals surface area contributed by atoms with E-state index in [-0.39, 0.29) is 22.6 Å². The van der Waals surface area contributed by atoms with Gasteiger partial charge in [0.25, 0.3) is 11.8 Å². The molecule has 0 aliphatic heterocycles. The number of carbonyl (C=O) groups is 2. The summed E-state index contributed by atoms with van der Waals surface area (Å²) in [6, 6.07) is 14.8. The standard InChI is InChI=1S/C43H65N9O2S2/c1-27(2)38(50(9)10)46-18-20-55-36-32(44)23-30(42(3,4)5)25-34(36)48-39(53)28-16-15-17-29(22-28)40(54)49-35-26-31(43(6,7)8)24-33(45)37(35)56-21-19-47-41(51(11)12)52(13)14/h15-17,22-27H,18-21,44-45H2,1-14H3,(H2,48,49,53,54)/p+2. The zero-order valence-electron chi connectivity index (χ0n) is 36.2. The van der Waals surface area contributed by atoms with Gasteiger partial charge in [0.1, 0.15) is 0 Å². The van der Waals surface area contributed by atoms with Gasteiger partial charge in [0.05, 0.1) is 82.5 Å². The number of anilines is 4. The maximum absolute atomic E-state index is 13.9. The first kappa shape index (κ1) is 46.0. The highest BCUT2D eigenvalue weighted by Gasteiger charge is 2.23. The third kappa shape index (κ3) is 12.8. The van der Waals surface area contributed by atoms with Crippen LogP contribution < -0.4 is 32.7 Å². The molecule has 0 atom stereocenters. The van der Waals surface area contributed by atoms with Gasteiger partial charge in [-0.3, -0.25) is 34.3 Å². The van der Waals surface area contributed by atoms with Gasteiger partial charge in [0.15, 0.2) is 0 Å². The fourth-order valence-electron chi connectivity index (χ4n) is 6.11. The summed E-state index contributed by atoms with van der Waals surface area (Å²) in [4.78, 5) is 31.5. The van der Waals surface area contributed by atoms with E-state index in [4.69, 9.17) is 11.5 Å². The van der Waals surface area contributed by atoms with E-state index < -0.39 is 0 Å². The predicted molar refractivity (Wildman–Crippen MR) is 242 cm³/mol. The Morgan fingerprint density at radius 1 is 0.696 bits per heavy atom. The molecule has 3 aromatic carbocycles. The van der Waals surface area contributed by atoms with Crippen LogP contribution in [0.1, 0.15) is 87.2 Å². The largest absolute Gasteiger partial charge is 0.398 e. The van der Waals surface area contributed by atoms with Crippen LogP contribution in [0, 0.1) is 5.92 Å². The average Bonchev–Trinajstić information content (AvgIpc) is 3.08. The molecular weight excluding hydrogens is 739 g/mol. The number of hydrogen-bond acceptors (Lipinski definition) is 6. The van der Waals surface area contributed by atoms with E-state index in [9.17, 15) is 9.59 Å². The van der Waals surface area contributed by atoms with Crippen molar-refractivity contribution in [3.05, 3.63) is 70.8 Å². The molecule has 3 rings (SSSR count). The Bertz CT molecular complexity index is 1800. The van der Waals surface area contributed by atoms with Gasteiger partial charge in [-0.15, -0.1) is 23.5 Å². The molecule has 0 aromatic heterocycles. The third-order valence-electron chi connectivity index (χ3n) is 9.01. The van der Waals surface area contributed by atoms with Gasteiger partial charge < -0.3 is 22.1 Å². The van der Waals surface area contributed by atoms with Crippen LogP contribution in [0.5, 0.6) is 0 Å². The van der Waals surface area contributed by atoms with Crippen molar-refractivity contribution in [3.8, 4) is 0 Å². The lowest BCUT2D eigenvalue weighted by molar-refractivity contribution is -0.472. The molecular formula is C43H67N9O2S2+2. The SMILES string of the molecule is CC(C)C(NCCSc1c(N)cc(C(C)(C)C)cc1NC(=O)c1cccc(C(=O)Nc2cc(C(C)(C)C)cc(N)c2SCCNC(N(C)C)=[N+](C)C)c1)=[N+](C)C. The molecule has 0 bridgehead atoms. The second kappa shape index (κ2) is 19.7. The zero-order chi connectivity index (χ0) is 42.1. The molecule has 56 heavy (non-hydrogen) atoms. The number of nitrogens with two attached hydrogens (primary N) is 2. The van der Waals surface area contributed by atoms with Gasteiger partial charge in [0.2, 0.25) is 5.84 Å². The number of nitrogen functional groups attached to an aromatic ring is 2. The fourth-order valence-corrected chi connectivity index (χ4v) is 7.91. The zero-order valence-corrected chi connectivity index (χ0v) is 37.8. The number of thioether (sulfide) groups is 2. The van der Waals surface area contributed by atoms with Crippen LogP contribution in [0.4, 0.5) is 22.7 Å². The van der Waals surface area contributed by atoms with Gasteiger partial charge in [-0.1, -0.05) is 61.5 Å².